The summed E-state index contributed by atoms with van der Waals surface area (Å²) in [5.74, 6) is -0.511. The van der Waals surface area contributed by atoms with Gasteiger partial charge in [-0.05, 0) is 39.3 Å². The lowest BCUT2D eigenvalue weighted by Gasteiger charge is -2.25. The Labute approximate surface area is 141 Å². The number of carbonyl (C=O) groups excluding carboxylic acids is 1. The van der Waals surface area contributed by atoms with Crippen LogP contribution in [0.2, 0.25) is 0 Å². The van der Waals surface area contributed by atoms with Gasteiger partial charge in [-0.3, -0.25) is 9.03 Å². The highest BCUT2D eigenvalue weighted by molar-refractivity contribution is 7.94. The van der Waals surface area contributed by atoms with E-state index in [0.717, 1.165) is 6.07 Å². The number of fused-ring (bicyclic) bond motifs is 1. The first kappa shape index (κ1) is 18.3. The number of anilines is 2. The maximum Gasteiger partial charge on any atom is 0.410 e. The first-order valence-corrected chi connectivity index (χ1v) is 8.98. The van der Waals surface area contributed by atoms with E-state index in [1.54, 1.807) is 27.8 Å². The van der Waals surface area contributed by atoms with E-state index in [4.69, 9.17) is 4.74 Å². The van der Waals surface area contributed by atoms with Gasteiger partial charge in [0.05, 0.1) is 11.4 Å². The van der Waals surface area contributed by atoms with E-state index in [0.29, 0.717) is 18.7 Å². The molecule has 9 heteroatoms. The van der Waals surface area contributed by atoms with Crippen molar-refractivity contribution in [3.8, 4) is 0 Å². The van der Waals surface area contributed by atoms with Gasteiger partial charge in [-0.1, -0.05) is 0 Å². The average molecular weight is 359 g/mol. The zero-order chi connectivity index (χ0) is 18.1. The second kappa shape index (κ2) is 6.46. The molecule has 0 radical (unpaired) electrons. The van der Waals surface area contributed by atoms with E-state index in [9.17, 15) is 17.6 Å². The highest BCUT2D eigenvalue weighted by Gasteiger charge is 2.32. The number of amides is 1. The number of ether oxygens (including phenoxy) is 1. The van der Waals surface area contributed by atoms with Crippen LogP contribution in [-0.2, 0) is 14.9 Å². The fraction of sp³-hybridized carbons (Fsp3) is 0.533. The standard InChI is InChI=1S/C15H22FN3O4S/c1-15(2,3)23-14(20)18(4)8-5-9-19-13-7-6-11(16)10-12(13)17-24(19,21)22/h6-7,10,17H,5,8-9H2,1-4H3. The molecule has 0 unspecified atom stereocenters. The Balaban J connectivity index is 1.96. The highest BCUT2D eigenvalue weighted by Crippen LogP contribution is 2.35. The normalized spacial score (nSPS) is 15.6. The summed E-state index contributed by atoms with van der Waals surface area (Å²) in [7, 11) is -2.14. The van der Waals surface area contributed by atoms with Crippen LogP contribution in [-0.4, -0.2) is 45.1 Å². The van der Waals surface area contributed by atoms with E-state index in [1.807, 2.05) is 0 Å². The second-order valence-corrected chi connectivity index (χ2v) is 8.19. The maximum absolute atomic E-state index is 13.2. The van der Waals surface area contributed by atoms with Gasteiger partial charge in [0, 0.05) is 26.2 Å². The minimum absolute atomic E-state index is 0.168. The number of nitrogens with one attached hydrogen (secondary N) is 1. The van der Waals surface area contributed by atoms with Crippen molar-refractivity contribution >= 4 is 27.7 Å². The molecule has 0 atom stereocenters. The Hall–Kier alpha value is -2.03. The minimum Gasteiger partial charge on any atom is -0.444 e. The van der Waals surface area contributed by atoms with Crippen molar-refractivity contribution < 1.29 is 22.3 Å². The van der Waals surface area contributed by atoms with Crippen molar-refractivity contribution in [2.75, 3.05) is 29.2 Å². The average Bonchev–Trinajstić information content (AvgIpc) is 2.66. The van der Waals surface area contributed by atoms with Crippen LogP contribution in [0.3, 0.4) is 0 Å². The van der Waals surface area contributed by atoms with Crippen molar-refractivity contribution in [3.05, 3.63) is 24.0 Å². The summed E-state index contributed by atoms with van der Waals surface area (Å²) in [6, 6.07) is 3.76. The number of rotatable bonds is 4. The minimum atomic E-state index is -3.73. The Bertz CT molecular complexity index is 731. The number of halogens is 1. The van der Waals surface area contributed by atoms with Gasteiger partial charge in [0.15, 0.2) is 0 Å². The third-order valence-electron chi connectivity index (χ3n) is 3.32. The van der Waals surface area contributed by atoms with Gasteiger partial charge in [0.2, 0.25) is 0 Å². The number of nitrogens with zero attached hydrogens (tertiary/aromatic N) is 2. The molecule has 0 aromatic heterocycles. The number of hydrogen-bond donors (Lipinski definition) is 1. The van der Waals surface area contributed by atoms with Crippen molar-refractivity contribution in [1.82, 2.24) is 4.90 Å². The van der Waals surface area contributed by atoms with Crippen molar-refractivity contribution in [3.63, 3.8) is 0 Å². The van der Waals surface area contributed by atoms with Crippen LogP contribution in [0.15, 0.2) is 18.2 Å². The fourth-order valence-corrected chi connectivity index (χ4v) is 3.59. The summed E-state index contributed by atoms with van der Waals surface area (Å²) in [6.45, 7) is 5.82. The van der Waals surface area contributed by atoms with Crippen molar-refractivity contribution in [1.29, 1.82) is 0 Å². The SMILES string of the molecule is CN(CCCN1c2ccc(F)cc2NS1(=O)=O)C(=O)OC(C)(C)C. The van der Waals surface area contributed by atoms with Crippen LogP contribution < -0.4 is 9.03 Å². The number of benzene rings is 1. The lowest BCUT2D eigenvalue weighted by molar-refractivity contribution is 0.0298. The summed E-state index contributed by atoms with van der Waals surface area (Å²) in [4.78, 5) is 13.3. The molecule has 1 aliphatic rings. The van der Waals surface area contributed by atoms with Gasteiger partial charge in [0.25, 0.3) is 0 Å². The van der Waals surface area contributed by atoms with Crippen molar-refractivity contribution in [2.24, 2.45) is 0 Å². The second-order valence-electron chi connectivity index (χ2n) is 6.60. The monoisotopic (exact) mass is 359 g/mol. The predicted molar refractivity (Wildman–Crippen MR) is 89.8 cm³/mol. The summed E-state index contributed by atoms with van der Waals surface area (Å²) in [6.07, 6.45) is -0.0552. The third kappa shape index (κ3) is 4.28. The van der Waals surface area contributed by atoms with Crippen LogP contribution in [0.5, 0.6) is 0 Å². The maximum atomic E-state index is 13.2. The summed E-state index contributed by atoms with van der Waals surface area (Å²) < 4.78 is 46.2. The van der Waals surface area contributed by atoms with Gasteiger partial charge >= 0.3 is 16.3 Å². The smallest absolute Gasteiger partial charge is 0.410 e. The molecular weight excluding hydrogens is 337 g/mol. The van der Waals surface area contributed by atoms with Crippen LogP contribution in [0, 0.1) is 5.82 Å². The summed E-state index contributed by atoms with van der Waals surface area (Å²) >= 11 is 0. The van der Waals surface area contributed by atoms with E-state index < -0.39 is 27.7 Å². The highest BCUT2D eigenvalue weighted by atomic mass is 32.2. The van der Waals surface area contributed by atoms with E-state index in [-0.39, 0.29) is 12.2 Å². The lowest BCUT2D eigenvalue weighted by atomic mass is 10.2. The Morgan fingerprint density at radius 1 is 1.38 bits per heavy atom. The van der Waals surface area contributed by atoms with E-state index >= 15 is 0 Å². The molecule has 2 rings (SSSR count). The molecular formula is C15H22FN3O4S. The molecule has 134 valence electrons. The van der Waals surface area contributed by atoms with Gasteiger partial charge in [-0.15, -0.1) is 0 Å². The Morgan fingerprint density at radius 2 is 2.04 bits per heavy atom. The van der Waals surface area contributed by atoms with Gasteiger partial charge in [-0.25, -0.2) is 9.18 Å². The van der Waals surface area contributed by atoms with E-state index in [2.05, 4.69) is 4.72 Å². The van der Waals surface area contributed by atoms with Crippen molar-refractivity contribution in [2.45, 2.75) is 32.8 Å². The summed E-state index contributed by atoms with van der Waals surface area (Å²) in [5.41, 5.74) is 0.0307. The molecule has 0 spiro atoms. The molecule has 0 bridgehead atoms. The molecule has 1 N–H and O–H groups in total. The molecule has 1 amide bonds. The quantitative estimate of drug-likeness (QED) is 0.896. The predicted octanol–water partition coefficient (Wildman–Crippen LogP) is 2.56. The van der Waals surface area contributed by atoms with Crippen LogP contribution in [0.1, 0.15) is 27.2 Å². The topological polar surface area (TPSA) is 79.0 Å². The number of carbonyl (C=O) groups is 1. The largest absolute Gasteiger partial charge is 0.444 e. The van der Waals surface area contributed by atoms with E-state index in [1.165, 1.54) is 21.3 Å². The third-order valence-corrected chi connectivity index (χ3v) is 4.75. The molecule has 0 aliphatic carbocycles. The molecule has 0 saturated carbocycles. The number of hydrogen-bond acceptors (Lipinski definition) is 4. The Kier molecular flexibility index (Phi) is 4.93. The summed E-state index contributed by atoms with van der Waals surface area (Å²) in [5, 5.41) is 0. The molecule has 1 aromatic carbocycles. The first-order valence-electron chi connectivity index (χ1n) is 7.54. The lowest BCUT2D eigenvalue weighted by Crippen LogP contribution is -2.37. The fourth-order valence-electron chi connectivity index (χ4n) is 2.25. The molecule has 0 fully saturated rings. The van der Waals surface area contributed by atoms with Crippen LogP contribution in [0.25, 0.3) is 0 Å². The van der Waals surface area contributed by atoms with Crippen LogP contribution in [0.4, 0.5) is 20.6 Å². The molecule has 24 heavy (non-hydrogen) atoms. The molecule has 1 aromatic rings. The van der Waals surface area contributed by atoms with Gasteiger partial charge < -0.3 is 9.64 Å². The molecule has 1 heterocycles. The van der Waals surface area contributed by atoms with Gasteiger partial charge in [0.1, 0.15) is 11.4 Å². The molecule has 1 aliphatic heterocycles. The zero-order valence-corrected chi connectivity index (χ0v) is 15.0. The van der Waals surface area contributed by atoms with Gasteiger partial charge in [-0.2, -0.15) is 8.42 Å². The first-order chi connectivity index (χ1) is 11.0. The zero-order valence-electron chi connectivity index (χ0n) is 14.2. The Morgan fingerprint density at radius 3 is 2.67 bits per heavy atom. The molecule has 0 saturated heterocycles. The molecule has 7 nitrogen and oxygen atoms in total. The van der Waals surface area contributed by atoms with Crippen LogP contribution >= 0.6 is 0 Å².